The summed E-state index contributed by atoms with van der Waals surface area (Å²) < 4.78 is 0. The minimum absolute atomic E-state index is 0.0343. The van der Waals surface area contributed by atoms with E-state index in [0.717, 1.165) is 0 Å². The van der Waals surface area contributed by atoms with E-state index in [1.807, 2.05) is 0 Å². The molecule has 1 nitrogen and oxygen atoms in total. The first kappa shape index (κ1) is 14.1. The summed E-state index contributed by atoms with van der Waals surface area (Å²) in [5.74, 6) is 0. The van der Waals surface area contributed by atoms with Gasteiger partial charge in [-0.05, 0) is 37.1 Å². The second-order valence-corrected chi connectivity index (χ2v) is 9.90. The molecule has 113 valence electrons. The van der Waals surface area contributed by atoms with Crippen molar-refractivity contribution in [2.75, 3.05) is 0 Å². The summed E-state index contributed by atoms with van der Waals surface area (Å²) in [6.45, 7) is 11.4. The molecule has 3 atom stereocenters. The van der Waals surface area contributed by atoms with Gasteiger partial charge in [0.05, 0.1) is 25.8 Å². The first-order valence-corrected chi connectivity index (χ1v) is 10.8. The maximum atomic E-state index is 4.20. The Kier molecular flexibility index (Phi) is 2.87. The molecule has 1 radical (unpaired) electrons. The van der Waals surface area contributed by atoms with E-state index in [4.69, 9.17) is 0 Å². The molecular weight excluding hydrogens is 282 g/mol. The number of allylic oxidation sites excluding steroid dienone is 1. The zero-order valence-corrected chi connectivity index (χ0v) is 14.8. The number of benzene rings is 1. The summed E-state index contributed by atoms with van der Waals surface area (Å²) in [6.07, 6.45) is 11.9. The molecule has 0 saturated heterocycles. The fourth-order valence-corrected chi connectivity index (χ4v) is 5.65. The van der Waals surface area contributed by atoms with Crippen molar-refractivity contribution in [3.63, 3.8) is 0 Å². The Labute approximate surface area is 135 Å². The second kappa shape index (κ2) is 4.48. The molecule has 1 aromatic rings. The average molecular weight is 307 g/mol. The van der Waals surface area contributed by atoms with Crippen LogP contribution in [-0.4, -0.2) is 19.2 Å². The molecule has 3 aliphatic rings. The molecule has 1 aromatic carbocycles. The Balaban J connectivity index is 1.95. The van der Waals surface area contributed by atoms with Crippen LogP contribution in [0.3, 0.4) is 0 Å². The van der Waals surface area contributed by atoms with Crippen LogP contribution in [0.15, 0.2) is 60.5 Å². The molecule has 0 spiro atoms. The Morgan fingerprint density at radius 1 is 1.27 bits per heavy atom. The Morgan fingerprint density at radius 3 is 2.68 bits per heavy atom. The molecule has 0 amide bonds. The van der Waals surface area contributed by atoms with E-state index < -0.39 is 0 Å². The van der Waals surface area contributed by atoms with Crippen molar-refractivity contribution < 1.29 is 0 Å². The summed E-state index contributed by atoms with van der Waals surface area (Å²) in [7, 11) is -0.361. The van der Waals surface area contributed by atoms with E-state index >= 15 is 0 Å². The molecule has 0 N–H and O–H groups in total. The van der Waals surface area contributed by atoms with E-state index in [-0.39, 0.29) is 19.8 Å². The first-order valence-electron chi connectivity index (χ1n) is 8.26. The van der Waals surface area contributed by atoms with Crippen molar-refractivity contribution in [3.8, 4) is 0 Å². The second-order valence-electron chi connectivity index (χ2n) is 7.26. The average Bonchev–Trinajstić information content (AvgIpc) is 2.53. The van der Waals surface area contributed by atoms with Crippen LogP contribution in [0, 0.1) is 0 Å². The van der Waals surface area contributed by atoms with Gasteiger partial charge in [-0.3, -0.25) is 0 Å². The van der Waals surface area contributed by atoms with E-state index in [1.165, 1.54) is 24.0 Å². The Morgan fingerprint density at radius 2 is 2.05 bits per heavy atom. The van der Waals surface area contributed by atoms with Crippen molar-refractivity contribution in [1.29, 1.82) is 0 Å². The summed E-state index contributed by atoms with van der Waals surface area (Å²) in [4.78, 5) is 2.65. The van der Waals surface area contributed by atoms with Gasteiger partial charge < -0.3 is 4.90 Å². The van der Waals surface area contributed by atoms with E-state index in [0.29, 0.717) is 6.04 Å². The molecule has 2 heterocycles. The SMILES string of the molecule is C=CC12C=CC1(C)N1C=C([Si](C)C)CCC1c1ccccc12. The number of hydrogen-bond donors (Lipinski definition) is 0. The van der Waals surface area contributed by atoms with E-state index in [2.05, 4.69) is 80.2 Å². The van der Waals surface area contributed by atoms with Gasteiger partial charge in [-0.1, -0.05) is 60.8 Å². The highest BCUT2D eigenvalue weighted by molar-refractivity contribution is 6.63. The molecule has 0 fully saturated rings. The van der Waals surface area contributed by atoms with Gasteiger partial charge in [0.2, 0.25) is 0 Å². The molecule has 0 bridgehead atoms. The van der Waals surface area contributed by atoms with Crippen molar-refractivity contribution in [1.82, 2.24) is 4.90 Å². The standard InChI is InChI=1S/C20H24NSi/c1-5-20-13-12-19(20,2)21-14-15(22(3)4)10-11-18(21)16-8-6-7-9-17(16)20/h5-9,12-14,18H,1,10-11H2,2-4H3. The summed E-state index contributed by atoms with van der Waals surface area (Å²) in [5.41, 5.74) is 2.97. The first-order chi connectivity index (χ1) is 10.5. The highest BCUT2D eigenvalue weighted by Gasteiger charge is 2.59. The maximum Gasteiger partial charge on any atom is 0.0756 e. The van der Waals surface area contributed by atoms with Gasteiger partial charge in [-0.2, -0.15) is 0 Å². The Bertz CT molecular complexity index is 701. The zero-order valence-electron chi connectivity index (χ0n) is 13.8. The summed E-state index contributed by atoms with van der Waals surface area (Å²) in [5, 5.41) is 1.68. The summed E-state index contributed by atoms with van der Waals surface area (Å²) in [6, 6.07) is 9.52. The molecule has 3 unspecified atom stereocenters. The number of nitrogens with zero attached hydrogens (tertiary/aromatic N) is 1. The smallest absolute Gasteiger partial charge is 0.0756 e. The normalized spacial score (nSPS) is 35.2. The van der Waals surface area contributed by atoms with Gasteiger partial charge in [0.1, 0.15) is 0 Å². The zero-order chi connectivity index (χ0) is 15.5. The van der Waals surface area contributed by atoms with Gasteiger partial charge in [-0.15, -0.1) is 6.58 Å². The lowest BCUT2D eigenvalue weighted by atomic mass is 9.53. The molecule has 0 aromatic heterocycles. The largest absolute Gasteiger partial charge is 0.361 e. The maximum absolute atomic E-state index is 4.20. The summed E-state index contributed by atoms with van der Waals surface area (Å²) >= 11 is 0. The third-order valence-corrected chi connectivity index (χ3v) is 7.76. The fourth-order valence-electron chi connectivity index (χ4n) is 4.61. The van der Waals surface area contributed by atoms with E-state index in [9.17, 15) is 0 Å². The van der Waals surface area contributed by atoms with Crippen molar-refractivity contribution in [3.05, 3.63) is 71.6 Å². The van der Waals surface area contributed by atoms with Crippen molar-refractivity contribution >= 4 is 8.80 Å². The molecule has 2 heteroatoms. The van der Waals surface area contributed by atoms with Crippen molar-refractivity contribution in [2.24, 2.45) is 0 Å². The van der Waals surface area contributed by atoms with Crippen LogP contribution in [0.1, 0.15) is 36.9 Å². The monoisotopic (exact) mass is 306 g/mol. The molecule has 2 aliphatic heterocycles. The van der Waals surface area contributed by atoms with Crippen LogP contribution in [0.2, 0.25) is 13.1 Å². The predicted molar refractivity (Wildman–Crippen MR) is 95.2 cm³/mol. The van der Waals surface area contributed by atoms with Gasteiger partial charge in [0.15, 0.2) is 0 Å². The molecule has 0 saturated carbocycles. The van der Waals surface area contributed by atoms with Gasteiger partial charge in [-0.25, -0.2) is 0 Å². The highest BCUT2D eigenvalue weighted by Crippen LogP contribution is 2.59. The molecule has 4 rings (SSSR count). The lowest BCUT2D eigenvalue weighted by Gasteiger charge is -2.63. The lowest BCUT2D eigenvalue weighted by Crippen LogP contribution is -2.65. The van der Waals surface area contributed by atoms with Crippen LogP contribution in [0.5, 0.6) is 0 Å². The minimum Gasteiger partial charge on any atom is -0.361 e. The quantitative estimate of drug-likeness (QED) is 0.562. The van der Waals surface area contributed by atoms with Crippen LogP contribution in [0.4, 0.5) is 0 Å². The number of rotatable bonds is 2. The minimum atomic E-state index is -0.361. The topological polar surface area (TPSA) is 3.24 Å². The van der Waals surface area contributed by atoms with Gasteiger partial charge in [0.25, 0.3) is 0 Å². The van der Waals surface area contributed by atoms with Crippen LogP contribution in [0.25, 0.3) is 0 Å². The Hall–Kier alpha value is -1.54. The lowest BCUT2D eigenvalue weighted by molar-refractivity contribution is 0.0614. The highest BCUT2D eigenvalue weighted by atomic mass is 28.3. The predicted octanol–water partition coefficient (Wildman–Crippen LogP) is 4.77. The number of hydrogen-bond acceptors (Lipinski definition) is 1. The van der Waals surface area contributed by atoms with Crippen LogP contribution < -0.4 is 0 Å². The van der Waals surface area contributed by atoms with Crippen LogP contribution in [-0.2, 0) is 5.41 Å². The van der Waals surface area contributed by atoms with Crippen molar-refractivity contribution in [2.45, 2.75) is 49.9 Å². The third-order valence-electron chi connectivity index (χ3n) is 6.09. The molecule has 1 aliphatic carbocycles. The molecule has 22 heavy (non-hydrogen) atoms. The third kappa shape index (κ3) is 1.49. The molecular formula is C20H24NSi. The fraction of sp³-hybridized carbons (Fsp3) is 0.400. The van der Waals surface area contributed by atoms with E-state index in [1.54, 1.807) is 5.20 Å². The number of fused-ring (bicyclic) bond motifs is 6. The van der Waals surface area contributed by atoms with Crippen LogP contribution >= 0.6 is 0 Å². The van der Waals surface area contributed by atoms with Gasteiger partial charge in [0, 0.05) is 0 Å². The van der Waals surface area contributed by atoms with Gasteiger partial charge >= 0.3 is 0 Å².